The molecule has 1 heterocycles. The Morgan fingerprint density at radius 1 is 0.760 bits per heavy atom. The zero-order valence-electron chi connectivity index (χ0n) is 29.9. The number of aliphatic hydroxyl groups excluding tert-OH is 3. The molecule has 0 amide bonds. The highest BCUT2D eigenvalue weighted by molar-refractivity contribution is 7.80. The molecular weight excluding hydrogens is 668 g/mol. The first kappa shape index (κ1) is 45.8. The van der Waals surface area contributed by atoms with Gasteiger partial charge in [-0.25, -0.2) is 4.18 Å². The maximum Gasteiger partial charge on any atom is 0.397 e. The molecule has 4 N–H and O–H groups in total. The number of rotatable bonds is 29. The van der Waals surface area contributed by atoms with Crippen LogP contribution >= 0.6 is 0 Å². The summed E-state index contributed by atoms with van der Waals surface area (Å²) in [6.45, 7) is 2.79. The van der Waals surface area contributed by atoms with Crippen molar-refractivity contribution in [3.05, 3.63) is 60.8 Å². The van der Waals surface area contributed by atoms with Gasteiger partial charge < -0.3 is 34.3 Å². The Balaban J connectivity index is 2.11. The molecule has 1 saturated heterocycles. The van der Waals surface area contributed by atoms with Crippen LogP contribution in [0.4, 0.5) is 0 Å². The first-order valence-electron chi connectivity index (χ1n) is 18.0. The predicted octanol–water partition coefficient (Wildman–Crippen LogP) is 5.84. The molecule has 0 bridgehead atoms. The summed E-state index contributed by atoms with van der Waals surface area (Å²) in [7, 11) is -5.04. The number of carbonyl (C=O) groups is 1. The van der Waals surface area contributed by atoms with Gasteiger partial charge in [0.2, 0.25) is 0 Å². The Morgan fingerprint density at radius 2 is 1.28 bits per heavy atom. The van der Waals surface area contributed by atoms with E-state index in [1.807, 2.05) is 0 Å². The summed E-state index contributed by atoms with van der Waals surface area (Å²) >= 11 is 0. The van der Waals surface area contributed by atoms with Crippen LogP contribution in [0.25, 0.3) is 0 Å². The van der Waals surface area contributed by atoms with Gasteiger partial charge in [-0.1, -0.05) is 106 Å². The average molecular weight is 731 g/mol. The summed E-state index contributed by atoms with van der Waals surface area (Å²) in [5, 5.41) is 30.0. The van der Waals surface area contributed by atoms with E-state index >= 15 is 0 Å². The minimum absolute atomic E-state index is 0.0112. The number of carbonyl (C=O) groups excluding carboxylic acids is 1. The number of allylic oxidation sites excluding steroid dienone is 10. The Kier molecular flexibility index (Phi) is 26.9. The van der Waals surface area contributed by atoms with E-state index in [0.29, 0.717) is 6.61 Å². The lowest BCUT2D eigenvalue weighted by Gasteiger charge is -2.41. The summed E-state index contributed by atoms with van der Waals surface area (Å²) in [4.78, 5) is 11.6. The lowest BCUT2D eigenvalue weighted by molar-refractivity contribution is -0.301. The Hall–Kier alpha value is -2.20. The van der Waals surface area contributed by atoms with Crippen LogP contribution in [0.3, 0.4) is 0 Å². The van der Waals surface area contributed by atoms with Crippen LogP contribution in [0.15, 0.2) is 60.8 Å². The molecule has 1 rings (SSSR count). The smallest absolute Gasteiger partial charge is 0.397 e. The van der Waals surface area contributed by atoms with E-state index in [1.165, 1.54) is 39.0 Å². The van der Waals surface area contributed by atoms with E-state index in [4.69, 9.17) is 23.5 Å². The largest absolute Gasteiger partial charge is 0.458 e. The normalized spacial score (nSPS) is 22.6. The molecule has 0 radical (unpaired) electrons. The second-order valence-electron chi connectivity index (χ2n) is 12.2. The van der Waals surface area contributed by atoms with Gasteiger partial charge in [0, 0.05) is 13.5 Å². The third kappa shape index (κ3) is 24.1. The molecule has 288 valence electrons. The van der Waals surface area contributed by atoms with Crippen LogP contribution in [0.1, 0.15) is 104 Å². The molecular formula is C37H62O12S. The van der Waals surface area contributed by atoms with Gasteiger partial charge in [-0.3, -0.25) is 9.35 Å². The van der Waals surface area contributed by atoms with Crippen LogP contribution in [-0.4, -0.2) is 97.5 Å². The lowest BCUT2D eigenvalue weighted by Crippen LogP contribution is -2.60. The molecule has 1 aliphatic rings. The summed E-state index contributed by atoms with van der Waals surface area (Å²) < 4.78 is 57.3. The van der Waals surface area contributed by atoms with Crippen molar-refractivity contribution in [3.63, 3.8) is 0 Å². The number of unbranched alkanes of at least 4 members (excludes halogenated alkanes) is 8. The third-order valence-electron chi connectivity index (χ3n) is 7.70. The van der Waals surface area contributed by atoms with Crippen molar-refractivity contribution in [3.8, 4) is 0 Å². The molecule has 0 saturated carbocycles. The summed E-state index contributed by atoms with van der Waals surface area (Å²) in [5.41, 5.74) is 0. The van der Waals surface area contributed by atoms with E-state index in [-0.39, 0.29) is 13.2 Å². The molecule has 50 heavy (non-hydrogen) atoms. The second-order valence-corrected chi connectivity index (χ2v) is 13.2. The molecule has 1 fully saturated rings. The van der Waals surface area contributed by atoms with E-state index in [2.05, 4.69) is 71.9 Å². The highest BCUT2D eigenvalue weighted by Crippen LogP contribution is 2.25. The molecule has 0 aromatic rings. The fraction of sp³-hybridized carbons (Fsp3) is 0.703. The quantitative estimate of drug-likeness (QED) is 0.0313. The minimum Gasteiger partial charge on any atom is -0.458 e. The molecule has 6 atom stereocenters. The van der Waals surface area contributed by atoms with Gasteiger partial charge in [-0.15, -0.1) is 0 Å². The van der Waals surface area contributed by atoms with Crippen LogP contribution in [0, 0.1) is 0 Å². The van der Waals surface area contributed by atoms with E-state index in [1.54, 1.807) is 0 Å². The zero-order valence-corrected chi connectivity index (χ0v) is 30.7. The molecule has 0 aliphatic carbocycles. The van der Waals surface area contributed by atoms with Gasteiger partial charge in [0.1, 0.15) is 30.5 Å². The van der Waals surface area contributed by atoms with Crippen LogP contribution in [-0.2, 0) is 38.3 Å². The first-order valence-corrected chi connectivity index (χ1v) is 19.3. The van der Waals surface area contributed by atoms with Gasteiger partial charge in [-0.2, -0.15) is 8.42 Å². The fourth-order valence-corrected chi connectivity index (χ4v) is 5.62. The number of aliphatic hydroxyl groups is 3. The number of hydrogen-bond acceptors (Lipinski definition) is 11. The van der Waals surface area contributed by atoms with Crippen molar-refractivity contribution in [2.45, 2.75) is 141 Å². The van der Waals surface area contributed by atoms with Crippen molar-refractivity contribution >= 4 is 16.4 Å². The monoisotopic (exact) mass is 730 g/mol. The van der Waals surface area contributed by atoms with Crippen molar-refractivity contribution in [2.24, 2.45) is 0 Å². The van der Waals surface area contributed by atoms with Gasteiger partial charge in [-0.05, 0) is 51.4 Å². The highest BCUT2D eigenvalue weighted by Gasteiger charge is 2.48. The fourth-order valence-electron chi connectivity index (χ4n) is 5.11. The summed E-state index contributed by atoms with van der Waals surface area (Å²) in [5.74, 6) is -0.582. The van der Waals surface area contributed by atoms with Gasteiger partial charge >= 0.3 is 16.4 Å². The maximum absolute atomic E-state index is 11.6. The Labute approximate surface area is 299 Å². The van der Waals surface area contributed by atoms with E-state index in [0.717, 1.165) is 57.8 Å². The summed E-state index contributed by atoms with van der Waals surface area (Å²) in [6.07, 6.45) is 28.1. The standard InChI is InChI=1S/C37H62O12S/c1-3-4-5-6-7-8-9-10-11-12-13-14-15-16-17-18-19-20-21-22-23-24-25-26-27-45-29-32(47-31(2)39)30-46-37-35(41)36(49-50(42,43)44)34(40)33(28-38)48-37/h4-5,7-8,10-11,13-14,16-17,32-38,40-41H,3,6,9,12,15,18-30H2,1-2H3,(H,42,43,44)/b5-4-,8-7-,11-10-,14-13-,17-16-. The van der Waals surface area contributed by atoms with Crippen molar-refractivity contribution in [1.29, 1.82) is 0 Å². The van der Waals surface area contributed by atoms with Crippen molar-refractivity contribution < 1.29 is 56.2 Å². The molecule has 1 aliphatic heterocycles. The molecule has 0 spiro atoms. The number of ether oxygens (including phenoxy) is 4. The number of hydrogen-bond donors (Lipinski definition) is 4. The van der Waals surface area contributed by atoms with E-state index in [9.17, 15) is 28.5 Å². The zero-order chi connectivity index (χ0) is 36.9. The van der Waals surface area contributed by atoms with Gasteiger partial charge in [0.05, 0.1) is 19.8 Å². The highest BCUT2D eigenvalue weighted by atomic mass is 32.3. The molecule has 0 aromatic carbocycles. The van der Waals surface area contributed by atoms with Gasteiger partial charge in [0.15, 0.2) is 6.29 Å². The molecule has 13 heteroatoms. The van der Waals surface area contributed by atoms with Crippen LogP contribution < -0.4 is 0 Å². The second kappa shape index (κ2) is 29.4. The SMILES string of the molecule is CC/C=C\C/C=C\C/C=C\C/C=C\C/C=C\CCCCCCCCCCOCC(COC1OC(CO)C(O)C(OS(=O)(=O)O)C1O)OC(C)=O. The van der Waals surface area contributed by atoms with Crippen LogP contribution in [0.2, 0.25) is 0 Å². The molecule has 6 unspecified atom stereocenters. The number of esters is 1. The first-order chi connectivity index (χ1) is 24.1. The third-order valence-corrected chi connectivity index (χ3v) is 8.17. The minimum atomic E-state index is -5.04. The van der Waals surface area contributed by atoms with Crippen molar-refractivity contribution in [1.82, 2.24) is 0 Å². The topological polar surface area (TPSA) is 178 Å². The maximum atomic E-state index is 11.6. The Bertz CT molecular complexity index is 1120. The molecule has 12 nitrogen and oxygen atoms in total. The van der Waals surface area contributed by atoms with Gasteiger partial charge in [0.25, 0.3) is 0 Å². The average Bonchev–Trinajstić information content (AvgIpc) is 3.07. The Morgan fingerprint density at radius 3 is 1.80 bits per heavy atom. The van der Waals surface area contributed by atoms with E-state index < -0.39 is 59.8 Å². The summed E-state index contributed by atoms with van der Waals surface area (Å²) in [6, 6.07) is 0. The van der Waals surface area contributed by atoms with Crippen LogP contribution in [0.5, 0.6) is 0 Å². The molecule has 0 aromatic heterocycles. The lowest BCUT2D eigenvalue weighted by atomic mass is 9.99. The van der Waals surface area contributed by atoms with Crippen molar-refractivity contribution in [2.75, 3.05) is 26.4 Å². The predicted molar refractivity (Wildman–Crippen MR) is 193 cm³/mol.